The molecule has 0 amide bonds. The first-order valence-corrected chi connectivity index (χ1v) is 7.04. The van der Waals surface area contributed by atoms with Crippen molar-refractivity contribution in [2.75, 3.05) is 6.61 Å². The summed E-state index contributed by atoms with van der Waals surface area (Å²) in [5.74, 6) is -2.23. The monoisotopic (exact) mass is 376 g/mol. The molecule has 0 aromatic carbocycles. The smallest absolute Gasteiger partial charge is 0.403 e. The maximum Gasteiger partial charge on any atom is 0.403 e. The minimum atomic E-state index is -1.17. The van der Waals surface area contributed by atoms with Gasteiger partial charge in [-0.3, -0.25) is 9.97 Å². The van der Waals surface area contributed by atoms with Crippen LogP contribution in [0.3, 0.4) is 0 Å². The van der Waals surface area contributed by atoms with Crippen molar-refractivity contribution in [3.63, 3.8) is 0 Å². The van der Waals surface area contributed by atoms with E-state index in [0.717, 1.165) is 24.7 Å². The lowest BCUT2D eigenvalue weighted by molar-refractivity contribution is 0.0695. The summed E-state index contributed by atoms with van der Waals surface area (Å²) in [4.78, 5) is 26.6. The first kappa shape index (κ1) is 22.4. The number of hydrogen-bond acceptors (Lipinski definition) is 6. The first-order valence-electron chi connectivity index (χ1n) is 6.66. The van der Waals surface area contributed by atoms with Crippen LogP contribution in [-0.4, -0.2) is 38.2 Å². The maximum absolute atomic E-state index is 12.2. The number of aromatic nitrogens is 2. The van der Waals surface area contributed by atoms with Gasteiger partial charge in [0.05, 0.1) is 31.2 Å². The van der Waals surface area contributed by atoms with Gasteiger partial charge >= 0.3 is 11.4 Å². The van der Waals surface area contributed by atoms with Gasteiger partial charge in [-0.2, -0.15) is 0 Å². The molecule has 2 heterocycles. The lowest BCUT2D eigenvalue weighted by atomic mass is 10.3. The molecule has 136 valence electrons. The zero-order valence-electron chi connectivity index (χ0n) is 13.0. The number of aromatic carboxylic acids is 1. The predicted molar refractivity (Wildman–Crippen MR) is 84.1 cm³/mol. The van der Waals surface area contributed by atoms with Crippen molar-refractivity contribution in [1.29, 1.82) is 0 Å². The van der Waals surface area contributed by atoms with E-state index < -0.39 is 23.0 Å². The number of carboxylic acid groups (broad SMARTS) is 1. The Kier molecular flexibility index (Phi) is 11.4. The van der Waals surface area contributed by atoms with Crippen LogP contribution in [0.15, 0.2) is 36.9 Å². The molecular weight excluding hydrogens is 362 g/mol. The fraction of sp³-hybridized carbons (Fsp3) is 0.200. The van der Waals surface area contributed by atoms with E-state index in [4.69, 9.17) is 21.8 Å². The molecule has 0 fully saturated rings. The van der Waals surface area contributed by atoms with Crippen LogP contribution >= 0.6 is 11.6 Å². The fourth-order valence-electron chi connectivity index (χ4n) is 1.18. The Morgan fingerprint density at radius 1 is 1.12 bits per heavy atom. The third kappa shape index (κ3) is 11.5. The normalized spacial score (nSPS) is 9.00. The maximum atomic E-state index is 12.2. The molecular formula is C15H15ClF2N2O5. The summed E-state index contributed by atoms with van der Waals surface area (Å²) in [6, 6.07) is 2.16. The van der Waals surface area contributed by atoms with Crippen LogP contribution in [0.2, 0.25) is 0 Å². The Morgan fingerprint density at radius 3 is 1.96 bits per heavy atom. The molecule has 0 unspecified atom stereocenters. The van der Waals surface area contributed by atoms with Crippen LogP contribution in [-0.2, 0) is 11.3 Å². The van der Waals surface area contributed by atoms with Crippen molar-refractivity contribution in [2.24, 2.45) is 0 Å². The molecule has 2 rings (SSSR count). The Morgan fingerprint density at radius 2 is 1.68 bits per heavy atom. The van der Waals surface area contributed by atoms with E-state index in [-0.39, 0.29) is 12.2 Å². The highest BCUT2D eigenvalue weighted by Gasteiger charge is 2.02. The second kappa shape index (κ2) is 12.7. The summed E-state index contributed by atoms with van der Waals surface area (Å²) in [5, 5.41) is 16.8. The van der Waals surface area contributed by atoms with Gasteiger partial charge in [-0.05, 0) is 24.6 Å². The van der Waals surface area contributed by atoms with Gasteiger partial charge in [0, 0.05) is 24.0 Å². The molecule has 2 aromatic heterocycles. The molecule has 0 saturated heterocycles. The number of rotatable bonds is 3. The van der Waals surface area contributed by atoms with Gasteiger partial charge in [0.2, 0.25) is 0 Å². The summed E-state index contributed by atoms with van der Waals surface area (Å²) in [7, 11) is 0. The van der Waals surface area contributed by atoms with Crippen molar-refractivity contribution >= 4 is 23.0 Å². The van der Waals surface area contributed by atoms with E-state index in [9.17, 15) is 18.4 Å². The first-order chi connectivity index (χ1) is 11.8. The van der Waals surface area contributed by atoms with E-state index >= 15 is 0 Å². The molecule has 25 heavy (non-hydrogen) atoms. The summed E-state index contributed by atoms with van der Waals surface area (Å²) >= 11 is 4.72. The van der Waals surface area contributed by atoms with Gasteiger partial charge < -0.3 is 14.9 Å². The summed E-state index contributed by atoms with van der Waals surface area (Å²) in [5.41, 5.74) is -0.382. The van der Waals surface area contributed by atoms with Crippen molar-refractivity contribution in [3.05, 3.63) is 59.7 Å². The minimum Gasteiger partial charge on any atom is -0.478 e. The van der Waals surface area contributed by atoms with Crippen LogP contribution < -0.4 is 0 Å². The van der Waals surface area contributed by atoms with Crippen LogP contribution in [0.25, 0.3) is 0 Å². The molecule has 0 saturated carbocycles. The average molecular weight is 377 g/mol. The molecule has 0 bridgehead atoms. The highest BCUT2D eigenvalue weighted by molar-refractivity contribution is 6.61. The number of halogens is 3. The van der Waals surface area contributed by atoms with E-state index in [2.05, 4.69) is 14.7 Å². The number of carboxylic acids is 1. The molecule has 2 N–H and O–H groups in total. The van der Waals surface area contributed by atoms with Crippen molar-refractivity contribution in [3.8, 4) is 0 Å². The number of pyridine rings is 2. The lowest BCUT2D eigenvalue weighted by Gasteiger charge is -1.91. The molecule has 0 aliphatic carbocycles. The SMILES string of the molecule is CCOC(=O)Cl.O=C(O)c1cncc(F)c1.OCc1cncc(F)c1. The molecule has 0 aliphatic rings. The molecule has 7 nitrogen and oxygen atoms in total. The lowest BCUT2D eigenvalue weighted by Crippen LogP contribution is -1.97. The molecule has 0 spiro atoms. The summed E-state index contributed by atoms with van der Waals surface area (Å²) in [6.45, 7) is 1.88. The van der Waals surface area contributed by atoms with E-state index in [1.165, 1.54) is 12.3 Å². The Labute approximate surface area is 146 Å². The Balaban J connectivity index is 0.000000358. The van der Waals surface area contributed by atoms with Crippen LogP contribution in [0.4, 0.5) is 13.6 Å². The average Bonchev–Trinajstić information content (AvgIpc) is 2.56. The number of aliphatic hydroxyl groups is 1. The van der Waals surface area contributed by atoms with Crippen molar-refractivity contribution < 1.29 is 33.3 Å². The quantitative estimate of drug-likeness (QED) is 0.792. The molecule has 0 atom stereocenters. The number of ether oxygens (including phenoxy) is 1. The molecule has 2 aromatic rings. The van der Waals surface area contributed by atoms with Gasteiger partial charge in [0.15, 0.2) is 0 Å². The third-order valence-electron chi connectivity index (χ3n) is 2.15. The van der Waals surface area contributed by atoms with E-state index in [1.807, 2.05) is 0 Å². The number of aliphatic hydroxyl groups excluding tert-OH is 1. The van der Waals surface area contributed by atoms with Crippen molar-refractivity contribution in [1.82, 2.24) is 9.97 Å². The number of carbonyl (C=O) groups is 2. The minimum absolute atomic E-state index is 0.139. The summed E-state index contributed by atoms with van der Waals surface area (Å²) < 4.78 is 28.6. The van der Waals surface area contributed by atoms with Gasteiger partial charge in [-0.1, -0.05) is 0 Å². The highest BCUT2D eigenvalue weighted by atomic mass is 35.5. The van der Waals surface area contributed by atoms with Gasteiger partial charge in [0.1, 0.15) is 11.6 Å². The second-order valence-corrected chi connectivity index (χ2v) is 4.35. The van der Waals surface area contributed by atoms with Crippen molar-refractivity contribution in [2.45, 2.75) is 13.5 Å². The largest absolute Gasteiger partial charge is 0.478 e. The van der Waals surface area contributed by atoms with Gasteiger partial charge in [-0.15, -0.1) is 0 Å². The zero-order chi connectivity index (χ0) is 19.2. The summed E-state index contributed by atoms with van der Waals surface area (Å²) in [6.07, 6.45) is 4.56. The predicted octanol–water partition coefficient (Wildman–Crippen LogP) is 3.01. The van der Waals surface area contributed by atoms with Crippen LogP contribution in [0.1, 0.15) is 22.8 Å². The fourth-order valence-corrected chi connectivity index (χ4v) is 1.29. The topological polar surface area (TPSA) is 110 Å². The Bertz CT molecular complexity index is 688. The number of hydrogen-bond donors (Lipinski definition) is 2. The third-order valence-corrected chi connectivity index (χ3v) is 2.26. The van der Waals surface area contributed by atoms with E-state index in [0.29, 0.717) is 12.2 Å². The zero-order valence-corrected chi connectivity index (χ0v) is 13.8. The number of nitrogens with zero attached hydrogens (tertiary/aromatic N) is 2. The van der Waals surface area contributed by atoms with E-state index in [1.54, 1.807) is 6.92 Å². The van der Waals surface area contributed by atoms with Crippen LogP contribution in [0, 0.1) is 11.6 Å². The molecule has 10 heteroatoms. The number of carbonyl (C=O) groups excluding carboxylic acids is 1. The van der Waals surface area contributed by atoms with Gasteiger partial charge in [-0.25, -0.2) is 18.4 Å². The standard InChI is InChI=1S/C6H4FNO2.C6H6FNO.C3H5ClO2/c7-5-1-4(6(9)10)2-8-3-5;7-6-1-5(4-9)2-8-3-6;1-2-6-3(4)5/h1-3H,(H,9,10);1-3,9H,4H2;2H2,1H3. The van der Waals surface area contributed by atoms with Crippen LogP contribution in [0.5, 0.6) is 0 Å². The highest BCUT2D eigenvalue weighted by Crippen LogP contribution is 1.99. The molecule has 0 aliphatic heterocycles. The van der Waals surface area contributed by atoms with Gasteiger partial charge in [0.25, 0.3) is 0 Å². The second-order valence-electron chi connectivity index (χ2n) is 4.04. The molecule has 0 radical (unpaired) electrons. The Hall–Kier alpha value is -2.65.